The molecule has 0 aliphatic rings. The van der Waals surface area contributed by atoms with Crippen LogP contribution in [0, 0.1) is 13.8 Å². The van der Waals surface area contributed by atoms with Crippen LogP contribution in [0.25, 0.3) is 0 Å². The summed E-state index contributed by atoms with van der Waals surface area (Å²) in [4.78, 5) is 12.3. The van der Waals surface area contributed by atoms with Gasteiger partial charge in [-0.25, -0.2) is 0 Å². The minimum absolute atomic E-state index is 0.0338. The number of carbonyl (C=O) groups excluding carboxylic acids is 1. The van der Waals surface area contributed by atoms with Gasteiger partial charge in [0.05, 0.1) is 18.2 Å². The van der Waals surface area contributed by atoms with E-state index in [2.05, 4.69) is 17.4 Å². The fourth-order valence-corrected chi connectivity index (χ4v) is 2.28. The molecule has 0 heterocycles. The molecule has 1 amide bonds. The second-order valence-corrected chi connectivity index (χ2v) is 5.82. The van der Waals surface area contributed by atoms with E-state index in [0.717, 1.165) is 16.7 Å². The average Bonchev–Trinajstić information content (AvgIpc) is 2.44. The average molecular weight is 297 g/mol. The Bertz CT molecular complexity index is 662. The van der Waals surface area contributed by atoms with E-state index in [1.165, 1.54) is 0 Å². The Labute approximate surface area is 132 Å². The van der Waals surface area contributed by atoms with Gasteiger partial charge in [-0.2, -0.15) is 0 Å². The van der Waals surface area contributed by atoms with Crippen LogP contribution in [0.5, 0.6) is 5.75 Å². The summed E-state index contributed by atoms with van der Waals surface area (Å²) < 4.78 is 5.72. The maximum atomic E-state index is 12.3. The third-order valence-corrected chi connectivity index (χ3v) is 3.38. The quantitative estimate of drug-likeness (QED) is 0.895. The molecule has 2 aromatic rings. The first-order chi connectivity index (χ1) is 10.5. The molecule has 0 spiro atoms. The Morgan fingerprint density at radius 3 is 2.59 bits per heavy atom. The van der Waals surface area contributed by atoms with Crippen molar-refractivity contribution in [3.63, 3.8) is 0 Å². The normalized spacial score (nSPS) is 10.6. The van der Waals surface area contributed by atoms with Crippen molar-refractivity contribution in [3.8, 4) is 5.75 Å². The van der Waals surface area contributed by atoms with Crippen molar-refractivity contribution in [1.29, 1.82) is 0 Å². The molecule has 0 atom stereocenters. The van der Waals surface area contributed by atoms with E-state index < -0.39 is 0 Å². The van der Waals surface area contributed by atoms with Crippen molar-refractivity contribution < 1.29 is 9.53 Å². The molecule has 0 aliphatic heterocycles. The minimum Gasteiger partial charge on any atom is -0.489 e. The highest BCUT2D eigenvalue weighted by molar-refractivity contribution is 5.93. The van der Waals surface area contributed by atoms with Gasteiger partial charge in [0.15, 0.2) is 0 Å². The van der Waals surface area contributed by atoms with Crippen molar-refractivity contribution in [2.45, 2.75) is 40.2 Å². The van der Waals surface area contributed by atoms with Gasteiger partial charge < -0.3 is 10.1 Å². The number of nitrogens with one attached hydrogen (secondary N) is 1. The Balaban J connectivity index is 2.11. The van der Waals surface area contributed by atoms with Crippen LogP contribution in [-0.2, 0) is 11.2 Å². The summed E-state index contributed by atoms with van der Waals surface area (Å²) in [7, 11) is 0. The molecule has 0 aromatic heterocycles. The molecule has 0 saturated heterocycles. The fraction of sp³-hybridized carbons (Fsp3) is 0.316. The molecule has 3 nitrogen and oxygen atoms in total. The van der Waals surface area contributed by atoms with Gasteiger partial charge in [-0.3, -0.25) is 4.79 Å². The fourth-order valence-electron chi connectivity index (χ4n) is 2.28. The Morgan fingerprint density at radius 2 is 1.86 bits per heavy atom. The summed E-state index contributed by atoms with van der Waals surface area (Å²) in [5, 5.41) is 2.95. The van der Waals surface area contributed by atoms with Crippen LogP contribution < -0.4 is 10.1 Å². The zero-order chi connectivity index (χ0) is 16.1. The molecule has 3 heteroatoms. The molecule has 0 bridgehead atoms. The highest BCUT2D eigenvalue weighted by atomic mass is 16.5. The SMILES string of the molecule is Cc1ccc(C)c(CC(=O)Nc2ccccc2OC(C)C)c1. The van der Waals surface area contributed by atoms with Gasteiger partial charge in [0.25, 0.3) is 0 Å². The summed E-state index contributed by atoms with van der Waals surface area (Å²) in [6.45, 7) is 7.99. The number of benzene rings is 2. The molecule has 1 N–H and O–H groups in total. The first-order valence-corrected chi connectivity index (χ1v) is 7.57. The first-order valence-electron chi connectivity index (χ1n) is 7.57. The number of anilines is 1. The highest BCUT2D eigenvalue weighted by Crippen LogP contribution is 2.25. The molecule has 2 rings (SSSR count). The maximum Gasteiger partial charge on any atom is 0.228 e. The molecule has 0 unspecified atom stereocenters. The van der Waals surface area contributed by atoms with Crippen LogP contribution in [0.2, 0.25) is 0 Å². The number of para-hydroxylation sites is 2. The van der Waals surface area contributed by atoms with Crippen LogP contribution in [0.15, 0.2) is 42.5 Å². The van der Waals surface area contributed by atoms with Crippen molar-refractivity contribution in [3.05, 3.63) is 59.2 Å². The van der Waals surface area contributed by atoms with E-state index in [0.29, 0.717) is 17.9 Å². The molecule has 0 fully saturated rings. The lowest BCUT2D eigenvalue weighted by molar-refractivity contribution is -0.115. The predicted molar refractivity (Wildman–Crippen MR) is 90.5 cm³/mol. The highest BCUT2D eigenvalue weighted by Gasteiger charge is 2.10. The number of carbonyl (C=O) groups is 1. The van der Waals surface area contributed by atoms with Gasteiger partial charge in [-0.1, -0.05) is 35.9 Å². The number of aryl methyl sites for hydroxylation is 2. The van der Waals surface area contributed by atoms with Gasteiger partial charge in [0.1, 0.15) is 5.75 Å². The van der Waals surface area contributed by atoms with Crippen molar-refractivity contribution in [1.82, 2.24) is 0 Å². The van der Waals surface area contributed by atoms with Gasteiger partial charge in [0.2, 0.25) is 5.91 Å². The Hall–Kier alpha value is -2.29. The summed E-state index contributed by atoms with van der Waals surface area (Å²) >= 11 is 0. The lowest BCUT2D eigenvalue weighted by Crippen LogP contribution is -2.16. The van der Waals surface area contributed by atoms with E-state index in [1.54, 1.807) is 0 Å². The van der Waals surface area contributed by atoms with Crippen molar-refractivity contribution >= 4 is 11.6 Å². The summed E-state index contributed by atoms with van der Waals surface area (Å²) in [5.74, 6) is 0.667. The van der Waals surface area contributed by atoms with E-state index in [9.17, 15) is 4.79 Å². The van der Waals surface area contributed by atoms with E-state index in [1.807, 2.05) is 58.0 Å². The third kappa shape index (κ3) is 4.35. The topological polar surface area (TPSA) is 38.3 Å². The van der Waals surface area contributed by atoms with Crippen molar-refractivity contribution in [2.75, 3.05) is 5.32 Å². The summed E-state index contributed by atoms with van der Waals surface area (Å²) in [6.07, 6.45) is 0.431. The van der Waals surface area contributed by atoms with Crippen LogP contribution in [0.1, 0.15) is 30.5 Å². The summed E-state index contributed by atoms with van der Waals surface area (Å²) in [6, 6.07) is 13.7. The van der Waals surface area contributed by atoms with Gasteiger partial charge in [0, 0.05) is 0 Å². The van der Waals surface area contributed by atoms with Crippen molar-refractivity contribution in [2.24, 2.45) is 0 Å². The van der Waals surface area contributed by atoms with Gasteiger partial charge in [-0.15, -0.1) is 0 Å². The minimum atomic E-state index is -0.0338. The largest absolute Gasteiger partial charge is 0.489 e. The number of amides is 1. The number of ether oxygens (including phenoxy) is 1. The predicted octanol–water partition coefficient (Wildman–Crippen LogP) is 4.27. The molecular formula is C19H23NO2. The Morgan fingerprint density at radius 1 is 1.14 bits per heavy atom. The number of hydrogen-bond donors (Lipinski definition) is 1. The number of rotatable bonds is 5. The third-order valence-electron chi connectivity index (χ3n) is 3.38. The van der Waals surface area contributed by atoms with E-state index in [4.69, 9.17) is 4.74 Å². The molecule has 22 heavy (non-hydrogen) atoms. The Kier molecular flexibility index (Phi) is 5.21. The van der Waals surface area contributed by atoms with E-state index >= 15 is 0 Å². The monoisotopic (exact) mass is 297 g/mol. The molecule has 116 valence electrons. The zero-order valence-electron chi connectivity index (χ0n) is 13.6. The molecule has 0 radical (unpaired) electrons. The van der Waals surface area contributed by atoms with Crippen LogP contribution in [0.3, 0.4) is 0 Å². The molecule has 2 aromatic carbocycles. The van der Waals surface area contributed by atoms with Gasteiger partial charge >= 0.3 is 0 Å². The second-order valence-electron chi connectivity index (χ2n) is 5.82. The van der Waals surface area contributed by atoms with Crippen LogP contribution in [-0.4, -0.2) is 12.0 Å². The molecular weight excluding hydrogens is 274 g/mol. The summed E-state index contributed by atoms with van der Waals surface area (Å²) in [5.41, 5.74) is 4.07. The van der Waals surface area contributed by atoms with Crippen LogP contribution >= 0.6 is 0 Å². The second kappa shape index (κ2) is 7.12. The molecule has 0 aliphatic carbocycles. The number of hydrogen-bond acceptors (Lipinski definition) is 2. The zero-order valence-corrected chi connectivity index (χ0v) is 13.6. The van der Waals surface area contributed by atoms with Crippen LogP contribution in [0.4, 0.5) is 5.69 Å². The maximum absolute atomic E-state index is 12.3. The molecule has 0 saturated carbocycles. The first kappa shape index (κ1) is 16.1. The van der Waals surface area contributed by atoms with Gasteiger partial charge in [-0.05, 0) is 51.0 Å². The lowest BCUT2D eigenvalue weighted by atomic mass is 10.0. The standard InChI is InChI=1S/C19H23NO2/c1-13(2)22-18-8-6-5-7-17(18)20-19(21)12-16-11-14(3)9-10-15(16)4/h5-11,13H,12H2,1-4H3,(H,20,21). The smallest absolute Gasteiger partial charge is 0.228 e. The van der Waals surface area contributed by atoms with E-state index in [-0.39, 0.29) is 12.0 Å². The lowest BCUT2D eigenvalue weighted by Gasteiger charge is -2.15.